The minimum absolute atomic E-state index is 0.332. The zero-order valence-corrected chi connectivity index (χ0v) is 7.03. The lowest BCUT2D eigenvalue weighted by Gasteiger charge is -2.01. The molecule has 0 radical (unpaired) electrons. The average Bonchev–Trinajstić information content (AvgIpc) is 2.83. The van der Waals surface area contributed by atoms with E-state index in [1.807, 2.05) is 12.3 Å². The number of pyridine rings is 1. The summed E-state index contributed by atoms with van der Waals surface area (Å²) in [5, 5.41) is 0. The number of nitrogens with two attached hydrogens (primary N) is 1. The molecule has 0 amide bonds. The molecule has 1 aliphatic carbocycles. The predicted molar refractivity (Wildman–Crippen MR) is 46.1 cm³/mol. The second kappa shape index (κ2) is 2.75. The number of nitrogens with zero attached hydrogens (tertiary/aromatic N) is 1. The summed E-state index contributed by atoms with van der Waals surface area (Å²) in [6, 6.07) is 2.34. The molecule has 1 saturated carbocycles. The van der Waals surface area contributed by atoms with Crippen LogP contribution in [0.1, 0.15) is 17.9 Å². The van der Waals surface area contributed by atoms with Crippen LogP contribution in [0.2, 0.25) is 0 Å². The topological polar surface area (TPSA) is 48.1 Å². The third kappa shape index (κ3) is 1.28. The number of methoxy groups -OCH3 is 1. The van der Waals surface area contributed by atoms with Gasteiger partial charge in [0.05, 0.1) is 13.3 Å². The molecule has 12 heavy (non-hydrogen) atoms. The molecule has 0 spiro atoms. The molecule has 0 aromatic carbocycles. The highest BCUT2D eigenvalue weighted by Gasteiger charge is 2.35. The van der Waals surface area contributed by atoms with Crippen LogP contribution in [0.3, 0.4) is 0 Å². The zero-order valence-electron chi connectivity index (χ0n) is 7.03. The first-order valence-electron chi connectivity index (χ1n) is 4.06. The molecule has 3 heteroatoms. The van der Waals surface area contributed by atoms with Crippen LogP contribution in [-0.4, -0.2) is 18.1 Å². The van der Waals surface area contributed by atoms with Crippen LogP contribution in [0.15, 0.2) is 18.5 Å². The lowest BCUT2D eigenvalue weighted by atomic mass is 10.2. The Hall–Kier alpha value is -1.09. The highest BCUT2D eigenvalue weighted by molar-refractivity contribution is 5.31. The van der Waals surface area contributed by atoms with Crippen molar-refractivity contribution < 1.29 is 4.74 Å². The van der Waals surface area contributed by atoms with Crippen LogP contribution < -0.4 is 10.5 Å². The van der Waals surface area contributed by atoms with Crippen molar-refractivity contribution in [1.29, 1.82) is 0 Å². The summed E-state index contributed by atoms with van der Waals surface area (Å²) in [4.78, 5) is 4.07. The van der Waals surface area contributed by atoms with Crippen LogP contribution in [0, 0.1) is 0 Å². The molecule has 64 valence electrons. The molecule has 1 heterocycles. The van der Waals surface area contributed by atoms with Gasteiger partial charge in [-0.3, -0.25) is 4.98 Å². The number of hydrogen-bond acceptors (Lipinski definition) is 3. The smallest absolute Gasteiger partial charge is 0.137 e. The number of ether oxygens (including phenoxy) is 1. The van der Waals surface area contributed by atoms with E-state index in [0.29, 0.717) is 12.0 Å². The molecular weight excluding hydrogens is 152 g/mol. The van der Waals surface area contributed by atoms with E-state index in [0.717, 1.165) is 12.2 Å². The maximum Gasteiger partial charge on any atom is 0.137 e. The Kier molecular flexibility index (Phi) is 1.73. The number of hydrogen-bond donors (Lipinski definition) is 1. The summed E-state index contributed by atoms with van der Waals surface area (Å²) in [7, 11) is 1.65. The third-order valence-electron chi connectivity index (χ3n) is 2.24. The average molecular weight is 164 g/mol. The van der Waals surface area contributed by atoms with Gasteiger partial charge >= 0.3 is 0 Å². The summed E-state index contributed by atoms with van der Waals surface area (Å²) in [6.45, 7) is 0. The minimum Gasteiger partial charge on any atom is -0.495 e. The van der Waals surface area contributed by atoms with Crippen LogP contribution in [0.4, 0.5) is 0 Å². The summed E-state index contributed by atoms with van der Waals surface area (Å²) < 4.78 is 5.06. The van der Waals surface area contributed by atoms with Crippen molar-refractivity contribution in [3.63, 3.8) is 0 Å². The van der Waals surface area contributed by atoms with Gasteiger partial charge in [0.25, 0.3) is 0 Å². The molecule has 0 unspecified atom stereocenters. The molecule has 2 atom stereocenters. The second-order valence-electron chi connectivity index (χ2n) is 3.16. The normalized spacial score (nSPS) is 26.8. The molecule has 2 rings (SSSR count). The first-order chi connectivity index (χ1) is 5.81. The fourth-order valence-electron chi connectivity index (χ4n) is 1.35. The monoisotopic (exact) mass is 164 g/mol. The van der Waals surface area contributed by atoms with Gasteiger partial charge in [0.2, 0.25) is 0 Å². The Morgan fingerprint density at radius 3 is 2.92 bits per heavy atom. The standard InChI is InChI=1S/C9H12N2O/c1-12-7-2-6(4-11-5-7)8-3-9(8)10/h2,4-5,8-9H,3,10H2,1H3/t8-,9+/m0/s1. The molecular formula is C9H12N2O. The highest BCUT2D eigenvalue weighted by atomic mass is 16.5. The van der Waals surface area contributed by atoms with Gasteiger partial charge in [0.1, 0.15) is 5.75 Å². The van der Waals surface area contributed by atoms with Crippen LogP contribution in [-0.2, 0) is 0 Å². The predicted octanol–water partition coefficient (Wildman–Crippen LogP) is 0.905. The van der Waals surface area contributed by atoms with Crippen LogP contribution >= 0.6 is 0 Å². The van der Waals surface area contributed by atoms with Gasteiger partial charge in [0, 0.05) is 18.2 Å². The fourth-order valence-corrected chi connectivity index (χ4v) is 1.35. The Bertz CT molecular complexity index is 288. The quantitative estimate of drug-likeness (QED) is 0.706. The van der Waals surface area contributed by atoms with Crippen molar-refractivity contribution in [3.8, 4) is 5.75 Å². The van der Waals surface area contributed by atoms with E-state index in [1.54, 1.807) is 13.3 Å². The lowest BCUT2D eigenvalue weighted by Crippen LogP contribution is -2.01. The van der Waals surface area contributed by atoms with Crippen molar-refractivity contribution in [2.45, 2.75) is 18.4 Å². The van der Waals surface area contributed by atoms with E-state index in [2.05, 4.69) is 4.98 Å². The molecule has 0 aliphatic heterocycles. The van der Waals surface area contributed by atoms with Gasteiger partial charge in [-0.2, -0.15) is 0 Å². The third-order valence-corrected chi connectivity index (χ3v) is 2.24. The Morgan fingerprint density at radius 2 is 2.33 bits per heavy atom. The molecule has 1 aromatic heterocycles. The fraction of sp³-hybridized carbons (Fsp3) is 0.444. The summed E-state index contributed by atoms with van der Waals surface area (Å²) in [5.41, 5.74) is 6.92. The summed E-state index contributed by atoms with van der Waals surface area (Å²) >= 11 is 0. The van der Waals surface area contributed by atoms with Gasteiger partial charge < -0.3 is 10.5 Å². The van der Waals surface area contributed by atoms with Gasteiger partial charge in [0.15, 0.2) is 0 Å². The van der Waals surface area contributed by atoms with Crippen molar-refractivity contribution >= 4 is 0 Å². The molecule has 0 bridgehead atoms. The number of aromatic nitrogens is 1. The van der Waals surface area contributed by atoms with Crippen LogP contribution in [0.25, 0.3) is 0 Å². The van der Waals surface area contributed by atoms with E-state index < -0.39 is 0 Å². The van der Waals surface area contributed by atoms with E-state index in [4.69, 9.17) is 10.5 Å². The van der Waals surface area contributed by atoms with Crippen molar-refractivity contribution in [1.82, 2.24) is 4.98 Å². The Labute approximate surface area is 71.6 Å². The van der Waals surface area contributed by atoms with Gasteiger partial charge in [-0.25, -0.2) is 0 Å². The Balaban J connectivity index is 2.21. The molecule has 1 aliphatic rings. The molecule has 0 saturated heterocycles. The number of rotatable bonds is 2. The van der Waals surface area contributed by atoms with E-state index in [1.165, 1.54) is 5.56 Å². The maximum absolute atomic E-state index is 5.72. The molecule has 3 nitrogen and oxygen atoms in total. The van der Waals surface area contributed by atoms with Gasteiger partial charge in [-0.15, -0.1) is 0 Å². The highest BCUT2D eigenvalue weighted by Crippen LogP contribution is 2.39. The van der Waals surface area contributed by atoms with Crippen molar-refractivity contribution in [2.75, 3.05) is 7.11 Å². The lowest BCUT2D eigenvalue weighted by molar-refractivity contribution is 0.412. The Morgan fingerprint density at radius 1 is 1.58 bits per heavy atom. The van der Waals surface area contributed by atoms with Gasteiger partial charge in [-0.05, 0) is 18.1 Å². The second-order valence-corrected chi connectivity index (χ2v) is 3.16. The van der Waals surface area contributed by atoms with Crippen molar-refractivity contribution in [2.24, 2.45) is 5.73 Å². The van der Waals surface area contributed by atoms with E-state index in [9.17, 15) is 0 Å². The summed E-state index contributed by atoms with van der Waals surface area (Å²) in [6.07, 6.45) is 4.65. The molecule has 1 aromatic rings. The molecule has 1 fully saturated rings. The van der Waals surface area contributed by atoms with Crippen LogP contribution in [0.5, 0.6) is 5.75 Å². The summed E-state index contributed by atoms with van der Waals surface area (Å²) in [5.74, 6) is 1.32. The minimum atomic E-state index is 0.332. The zero-order chi connectivity index (χ0) is 8.55. The largest absolute Gasteiger partial charge is 0.495 e. The maximum atomic E-state index is 5.72. The van der Waals surface area contributed by atoms with Gasteiger partial charge in [-0.1, -0.05) is 0 Å². The van der Waals surface area contributed by atoms with Crippen molar-refractivity contribution in [3.05, 3.63) is 24.0 Å². The molecule has 2 N–H and O–H groups in total. The first kappa shape index (κ1) is 7.55. The SMILES string of the molecule is COc1cncc([C@@H]2C[C@H]2N)c1. The van der Waals surface area contributed by atoms with E-state index in [-0.39, 0.29) is 0 Å². The first-order valence-corrected chi connectivity index (χ1v) is 4.06. The van der Waals surface area contributed by atoms with E-state index >= 15 is 0 Å².